The van der Waals surface area contributed by atoms with Gasteiger partial charge in [-0.3, -0.25) is 4.79 Å². The molecule has 1 aromatic heterocycles. The number of anilines is 1. The second-order valence-electron chi connectivity index (χ2n) is 6.96. The molecule has 0 bridgehead atoms. The molecule has 0 radical (unpaired) electrons. The zero-order valence-corrected chi connectivity index (χ0v) is 15.0. The predicted molar refractivity (Wildman–Crippen MR) is 92.2 cm³/mol. The van der Waals surface area contributed by atoms with Gasteiger partial charge in [-0.25, -0.2) is 9.78 Å². The Morgan fingerprint density at radius 1 is 1.38 bits per heavy atom. The van der Waals surface area contributed by atoms with E-state index in [1.165, 1.54) is 0 Å². The van der Waals surface area contributed by atoms with Gasteiger partial charge in [-0.05, 0) is 39.3 Å². The molecule has 7 nitrogen and oxygen atoms in total. The normalized spacial score (nSPS) is 17.5. The molecule has 1 fully saturated rings. The van der Waals surface area contributed by atoms with E-state index in [0.29, 0.717) is 18.8 Å². The first-order chi connectivity index (χ1) is 11.2. The second kappa shape index (κ2) is 7.07. The Morgan fingerprint density at radius 2 is 2.08 bits per heavy atom. The standard InChI is InChI=1S/C17H26N4O3/c1-17(2,3)24-16(23)21-9-8-13(11-21)20(5)12-6-7-14(19-10-12)15(22)18-4/h6-7,10,13H,8-9,11H2,1-5H3,(H,18,22). The van der Waals surface area contributed by atoms with Gasteiger partial charge in [0.1, 0.15) is 11.3 Å². The van der Waals surface area contributed by atoms with Gasteiger partial charge in [0.15, 0.2) is 0 Å². The summed E-state index contributed by atoms with van der Waals surface area (Å²) in [6.45, 7) is 6.88. The lowest BCUT2D eigenvalue weighted by Gasteiger charge is -2.27. The molecule has 1 unspecified atom stereocenters. The maximum Gasteiger partial charge on any atom is 0.410 e. The Labute approximate surface area is 143 Å². The van der Waals surface area contributed by atoms with Gasteiger partial charge in [-0.15, -0.1) is 0 Å². The first-order valence-electron chi connectivity index (χ1n) is 8.10. The summed E-state index contributed by atoms with van der Waals surface area (Å²) in [5.41, 5.74) is 0.816. The number of likely N-dealkylation sites (tertiary alicyclic amines) is 1. The van der Waals surface area contributed by atoms with Gasteiger partial charge in [0.25, 0.3) is 5.91 Å². The zero-order valence-electron chi connectivity index (χ0n) is 15.0. The quantitative estimate of drug-likeness (QED) is 0.913. The third kappa shape index (κ3) is 4.37. The number of hydrogen-bond donors (Lipinski definition) is 1. The van der Waals surface area contributed by atoms with E-state index >= 15 is 0 Å². The molecule has 1 aliphatic heterocycles. The molecule has 0 saturated carbocycles. The Kier molecular flexibility index (Phi) is 5.31. The van der Waals surface area contributed by atoms with Gasteiger partial charge in [0, 0.05) is 33.2 Å². The summed E-state index contributed by atoms with van der Waals surface area (Å²) in [6, 6.07) is 3.77. The van der Waals surface area contributed by atoms with Crippen molar-refractivity contribution in [3.8, 4) is 0 Å². The number of nitrogens with zero attached hydrogens (tertiary/aromatic N) is 3. The summed E-state index contributed by atoms with van der Waals surface area (Å²) in [7, 11) is 3.55. The van der Waals surface area contributed by atoms with E-state index in [1.807, 2.05) is 33.9 Å². The molecule has 0 spiro atoms. The first kappa shape index (κ1) is 18.0. The minimum Gasteiger partial charge on any atom is -0.444 e. The van der Waals surface area contributed by atoms with Gasteiger partial charge in [0.05, 0.1) is 11.9 Å². The Hall–Kier alpha value is -2.31. The average Bonchev–Trinajstić information content (AvgIpc) is 3.02. The lowest BCUT2D eigenvalue weighted by atomic mass is 10.2. The van der Waals surface area contributed by atoms with Crippen LogP contribution in [0.4, 0.5) is 10.5 Å². The van der Waals surface area contributed by atoms with Gasteiger partial charge in [-0.2, -0.15) is 0 Å². The highest BCUT2D eigenvalue weighted by molar-refractivity contribution is 5.92. The fourth-order valence-corrected chi connectivity index (χ4v) is 2.62. The summed E-state index contributed by atoms with van der Waals surface area (Å²) < 4.78 is 5.42. The number of ether oxygens (including phenoxy) is 1. The van der Waals surface area contributed by atoms with Gasteiger partial charge >= 0.3 is 6.09 Å². The summed E-state index contributed by atoms with van der Waals surface area (Å²) in [4.78, 5) is 31.7. The molecule has 7 heteroatoms. The number of likely N-dealkylation sites (N-methyl/N-ethyl adjacent to an activating group) is 1. The Balaban J connectivity index is 1.97. The molecule has 1 N–H and O–H groups in total. The molecule has 24 heavy (non-hydrogen) atoms. The maximum absolute atomic E-state index is 12.1. The van der Waals surface area contributed by atoms with Crippen LogP contribution in [0.25, 0.3) is 0 Å². The van der Waals surface area contributed by atoms with Gasteiger partial charge in [0.2, 0.25) is 0 Å². The van der Waals surface area contributed by atoms with Crippen LogP contribution in [0.3, 0.4) is 0 Å². The van der Waals surface area contributed by atoms with Crippen LogP contribution in [0.5, 0.6) is 0 Å². The highest BCUT2D eigenvalue weighted by Gasteiger charge is 2.31. The highest BCUT2D eigenvalue weighted by atomic mass is 16.6. The third-order valence-electron chi connectivity index (χ3n) is 3.98. The first-order valence-corrected chi connectivity index (χ1v) is 8.10. The number of aromatic nitrogens is 1. The van der Waals surface area contributed by atoms with Crippen molar-refractivity contribution in [1.82, 2.24) is 15.2 Å². The zero-order chi connectivity index (χ0) is 17.9. The van der Waals surface area contributed by atoms with Crippen molar-refractivity contribution >= 4 is 17.7 Å². The number of pyridine rings is 1. The number of carbonyl (C=O) groups is 2. The van der Waals surface area contributed by atoms with Crippen LogP contribution in [-0.4, -0.2) is 60.7 Å². The summed E-state index contributed by atoms with van der Waals surface area (Å²) in [5.74, 6) is -0.207. The second-order valence-corrected chi connectivity index (χ2v) is 6.96. The van der Waals surface area contributed by atoms with E-state index in [2.05, 4.69) is 15.2 Å². The maximum atomic E-state index is 12.1. The summed E-state index contributed by atoms with van der Waals surface area (Å²) >= 11 is 0. The SMILES string of the molecule is CNC(=O)c1ccc(N(C)C2CCN(C(=O)OC(C)(C)C)C2)cn1. The van der Waals surface area contributed by atoms with E-state index in [1.54, 1.807) is 24.2 Å². The molecule has 1 atom stereocenters. The van der Waals surface area contributed by atoms with Crippen molar-refractivity contribution in [2.45, 2.75) is 38.8 Å². The fourth-order valence-electron chi connectivity index (χ4n) is 2.62. The largest absolute Gasteiger partial charge is 0.444 e. The van der Waals surface area contributed by atoms with E-state index in [-0.39, 0.29) is 18.0 Å². The van der Waals surface area contributed by atoms with Crippen LogP contribution in [0.1, 0.15) is 37.7 Å². The Morgan fingerprint density at radius 3 is 2.62 bits per heavy atom. The molecule has 2 heterocycles. The summed E-state index contributed by atoms with van der Waals surface area (Å²) in [6.07, 6.45) is 2.28. The monoisotopic (exact) mass is 334 g/mol. The van der Waals surface area contributed by atoms with Gasteiger partial charge in [-0.1, -0.05) is 0 Å². The molecule has 132 valence electrons. The smallest absolute Gasteiger partial charge is 0.410 e. The number of amides is 2. The Bertz CT molecular complexity index is 595. The molecule has 1 saturated heterocycles. The molecule has 0 aromatic carbocycles. The molecule has 2 amide bonds. The molecule has 1 aliphatic rings. The van der Waals surface area contributed by atoms with Crippen LogP contribution in [0.15, 0.2) is 18.3 Å². The van der Waals surface area contributed by atoms with Crippen molar-refractivity contribution < 1.29 is 14.3 Å². The van der Waals surface area contributed by atoms with Crippen molar-refractivity contribution in [2.75, 3.05) is 32.1 Å². The lowest BCUT2D eigenvalue weighted by Crippen LogP contribution is -2.39. The van der Waals surface area contributed by atoms with Crippen LogP contribution < -0.4 is 10.2 Å². The molecule has 2 rings (SSSR count). The number of carbonyl (C=O) groups excluding carboxylic acids is 2. The average molecular weight is 334 g/mol. The number of hydrogen-bond acceptors (Lipinski definition) is 5. The van der Waals surface area contributed by atoms with Crippen LogP contribution >= 0.6 is 0 Å². The van der Waals surface area contributed by atoms with E-state index < -0.39 is 5.60 Å². The topological polar surface area (TPSA) is 74.8 Å². The fraction of sp³-hybridized carbons (Fsp3) is 0.588. The van der Waals surface area contributed by atoms with Crippen molar-refractivity contribution in [2.24, 2.45) is 0 Å². The highest BCUT2D eigenvalue weighted by Crippen LogP contribution is 2.22. The van der Waals surface area contributed by atoms with Crippen molar-refractivity contribution in [1.29, 1.82) is 0 Å². The molecular weight excluding hydrogens is 308 g/mol. The number of rotatable bonds is 3. The molecule has 0 aliphatic carbocycles. The van der Waals surface area contributed by atoms with Crippen molar-refractivity contribution in [3.05, 3.63) is 24.0 Å². The minimum absolute atomic E-state index is 0.199. The van der Waals surface area contributed by atoms with E-state index in [0.717, 1.165) is 12.1 Å². The number of nitrogens with one attached hydrogen (secondary N) is 1. The van der Waals surface area contributed by atoms with Crippen LogP contribution in [-0.2, 0) is 4.74 Å². The van der Waals surface area contributed by atoms with E-state index in [4.69, 9.17) is 4.74 Å². The molecule has 1 aromatic rings. The lowest BCUT2D eigenvalue weighted by molar-refractivity contribution is 0.0292. The minimum atomic E-state index is -0.485. The third-order valence-corrected chi connectivity index (χ3v) is 3.98. The van der Waals surface area contributed by atoms with Crippen molar-refractivity contribution in [3.63, 3.8) is 0 Å². The van der Waals surface area contributed by atoms with Crippen LogP contribution in [0, 0.1) is 0 Å². The van der Waals surface area contributed by atoms with E-state index in [9.17, 15) is 9.59 Å². The molecular formula is C17H26N4O3. The summed E-state index contributed by atoms with van der Waals surface area (Å²) in [5, 5.41) is 2.55. The predicted octanol–water partition coefficient (Wildman–Crippen LogP) is 1.89. The van der Waals surface area contributed by atoms with Crippen LogP contribution in [0.2, 0.25) is 0 Å². The van der Waals surface area contributed by atoms with Gasteiger partial charge < -0.3 is 19.9 Å².